The van der Waals surface area contributed by atoms with Gasteiger partial charge in [-0.1, -0.05) is 0 Å². The molecule has 0 saturated carbocycles. The molecule has 2 fully saturated rings. The highest BCUT2D eigenvalue weighted by atomic mass is 16.7. The van der Waals surface area contributed by atoms with E-state index in [0.29, 0.717) is 11.3 Å². The average molecular weight is 607 g/mol. The third-order valence-corrected chi connectivity index (χ3v) is 7.82. The Labute approximate surface area is 244 Å². The fourth-order valence-corrected chi connectivity index (χ4v) is 5.30. The summed E-state index contributed by atoms with van der Waals surface area (Å²) in [4.78, 5) is 13.2. The van der Waals surface area contributed by atoms with E-state index in [1.807, 2.05) is 0 Å². The molecule has 0 spiro atoms. The Bertz CT molecular complexity index is 1490. The zero-order valence-corrected chi connectivity index (χ0v) is 23.4. The number of aliphatic hydroxyl groups is 6. The average Bonchev–Trinajstić information content (AvgIpc) is 3.00. The highest BCUT2D eigenvalue weighted by molar-refractivity contribution is 5.88. The standard InChI is InChI=1S/C29H34O14/c1-11-21(31)24(34)27(37)29(41-11)40-10-18-22(32)25(35)26(36)28(43-18)20-16(39-3)9-17-19(23(20)33)14(30)8-15(42-17)12-4-6-13(38-2)7-5-12/h4-9,11,18,21-22,24-29,31-37H,10H2,1-3H3/t11-,18+,21-,22+,24+,25-,26+,27+,28-,29+/m0/s1. The molecule has 2 aliphatic heterocycles. The van der Waals surface area contributed by atoms with Gasteiger partial charge in [0.05, 0.1) is 32.5 Å². The Morgan fingerprint density at radius 1 is 0.814 bits per heavy atom. The van der Waals surface area contributed by atoms with Crippen molar-refractivity contribution in [1.82, 2.24) is 0 Å². The monoisotopic (exact) mass is 606 g/mol. The third kappa shape index (κ3) is 5.69. The van der Waals surface area contributed by atoms with Gasteiger partial charge in [-0.15, -0.1) is 0 Å². The summed E-state index contributed by atoms with van der Waals surface area (Å²) in [7, 11) is 2.80. The van der Waals surface area contributed by atoms with Crippen LogP contribution < -0.4 is 14.9 Å². The maximum atomic E-state index is 13.2. The summed E-state index contributed by atoms with van der Waals surface area (Å²) in [6, 6.07) is 9.28. The molecule has 0 aliphatic carbocycles. The van der Waals surface area contributed by atoms with Gasteiger partial charge in [0.25, 0.3) is 0 Å². The first kappa shape index (κ1) is 31.1. The number of benzene rings is 2. The van der Waals surface area contributed by atoms with E-state index in [0.717, 1.165) is 0 Å². The number of fused-ring (bicyclic) bond motifs is 1. The molecule has 0 bridgehead atoms. The van der Waals surface area contributed by atoms with E-state index in [4.69, 9.17) is 28.1 Å². The molecule has 14 nitrogen and oxygen atoms in total. The van der Waals surface area contributed by atoms with E-state index in [2.05, 4.69) is 0 Å². The minimum absolute atomic E-state index is 0.0273. The van der Waals surface area contributed by atoms with Crippen LogP contribution in [0.3, 0.4) is 0 Å². The SMILES string of the molecule is COc1ccc(-c2cc(=O)c3c(O)c([C@@H]4O[C@H](CO[C@@H]5O[C@@H](C)[C@H](O)[C@@H](O)[C@H]5O)[C@@H](O)[C@H](O)[C@H]4O)c(OC)cc3o2)cc1. The predicted molar refractivity (Wildman–Crippen MR) is 147 cm³/mol. The van der Waals surface area contributed by atoms with E-state index >= 15 is 0 Å². The van der Waals surface area contributed by atoms with Gasteiger partial charge in [-0.05, 0) is 31.2 Å². The maximum Gasteiger partial charge on any atom is 0.197 e. The molecule has 14 heteroatoms. The number of ether oxygens (including phenoxy) is 5. The van der Waals surface area contributed by atoms with Crippen LogP contribution in [-0.2, 0) is 14.2 Å². The quantitative estimate of drug-likeness (QED) is 0.181. The summed E-state index contributed by atoms with van der Waals surface area (Å²) in [6.07, 6.45) is -15.0. The molecule has 7 N–H and O–H groups in total. The second kappa shape index (κ2) is 12.4. The van der Waals surface area contributed by atoms with Gasteiger partial charge >= 0.3 is 0 Å². The van der Waals surface area contributed by atoms with Crippen molar-refractivity contribution in [3.63, 3.8) is 0 Å². The molecule has 10 atom stereocenters. The summed E-state index contributed by atoms with van der Waals surface area (Å²) in [5.74, 6) is 0.127. The summed E-state index contributed by atoms with van der Waals surface area (Å²) in [5, 5.41) is 73.4. The van der Waals surface area contributed by atoms with Gasteiger partial charge < -0.3 is 63.8 Å². The van der Waals surface area contributed by atoms with Crippen LogP contribution in [0.4, 0.5) is 0 Å². The normalized spacial score (nSPS) is 33.0. The Hall–Kier alpha value is -3.31. The lowest BCUT2D eigenvalue weighted by atomic mass is 9.89. The molecule has 43 heavy (non-hydrogen) atoms. The molecular formula is C29H34O14. The maximum absolute atomic E-state index is 13.2. The number of hydrogen-bond acceptors (Lipinski definition) is 14. The van der Waals surface area contributed by atoms with Gasteiger partial charge in [0.2, 0.25) is 0 Å². The number of hydrogen-bond donors (Lipinski definition) is 7. The van der Waals surface area contributed by atoms with Crippen molar-refractivity contribution in [3.8, 4) is 28.6 Å². The third-order valence-electron chi connectivity index (χ3n) is 7.82. The lowest BCUT2D eigenvalue weighted by Gasteiger charge is -2.43. The van der Waals surface area contributed by atoms with Gasteiger partial charge in [0, 0.05) is 17.7 Å². The molecule has 5 rings (SSSR count). The fourth-order valence-electron chi connectivity index (χ4n) is 5.30. The van der Waals surface area contributed by atoms with Crippen molar-refractivity contribution in [3.05, 3.63) is 52.2 Å². The summed E-state index contributed by atoms with van der Waals surface area (Å²) >= 11 is 0. The minimum atomic E-state index is -1.80. The number of phenols is 1. The summed E-state index contributed by atoms with van der Waals surface area (Å²) < 4.78 is 33.3. The Balaban J connectivity index is 1.47. The minimum Gasteiger partial charge on any atom is -0.506 e. The lowest BCUT2D eigenvalue weighted by Crippen LogP contribution is -2.59. The Kier molecular flexibility index (Phi) is 8.94. The smallest absolute Gasteiger partial charge is 0.197 e. The van der Waals surface area contributed by atoms with Crippen molar-refractivity contribution in [1.29, 1.82) is 0 Å². The number of methoxy groups -OCH3 is 2. The van der Waals surface area contributed by atoms with Gasteiger partial charge in [0.15, 0.2) is 11.7 Å². The first-order valence-electron chi connectivity index (χ1n) is 13.5. The van der Waals surface area contributed by atoms with Crippen LogP contribution >= 0.6 is 0 Å². The number of aromatic hydroxyl groups is 1. The highest BCUT2D eigenvalue weighted by Gasteiger charge is 2.48. The van der Waals surface area contributed by atoms with Crippen LogP contribution in [-0.4, -0.2) is 112 Å². The van der Waals surface area contributed by atoms with E-state index in [-0.39, 0.29) is 28.0 Å². The molecule has 2 saturated heterocycles. The number of aliphatic hydroxyl groups excluding tert-OH is 6. The fraction of sp³-hybridized carbons (Fsp3) is 0.483. The van der Waals surface area contributed by atoms with Crippen LogP contribution in [0, 0.1) is 0 Å². The molecule has 3 heterocycles. The van der Waals surface area contributed by atoms with Gasteiger partial charge in [0.1, 0.15) is 82.8 Å². The van der Waals surface area contributed by atoms with Crippen molar-refractivity contribution >= 4 is 11.0 Å². The van der Waals surface area contributed by atoms with Crippen LogP contribution in [0.1, 0.15) is 18.6 Å². The zero-order chi connectivity index (χ0) is 31.2. The van der Waals surface area contributed by atoms with E-state index in [1.165, 1.54) is 33.3 Å². The van der Waals surface area contributed by atoms with E-state index in [1.54, 1.807) is 24.3 Å². The van der Waals surface area contributed by atoms with Crippen LogP contribution in [0.15, 0.2) is 45.6 Å². The largest absolute Gasteiger partial charge is 0.506 e. The summed E-state index contributed by atoms with van der Waals surface area (Å²) in [6.45, 7) is 0.951. The van der Waals surface area contributed by atoms with Crippen molar-refractivity contribution in [2.75, 3.05) is 20.8 Å². The second-order valence-corrected chi connectivity index (χ2v) is 10.5. The molecule has 0 unspecified atom stereocenters. The zero-order valence-electron chi connectivity index (χ0n) is 23.4. The van der Waals surface area contributed by atoms with Crippen molar-refractivity contribution in [2.45, 2.75) is 68.1 Å². The van der Waals surface area contributed by atoms with E-state index in [9.17, 15) is 40.5 Å². The van der Waals surface area contributed by atoms with Crippen LogP contribution in [0.2, 0.25) is 0 Å². The molecule has 0 radical (unpaired) electrons. The number of phenolic OH excluding ortho intramolecular Hbond substituents is 1. The molecule has 3 aromatic rings. The molecule has 2 aromatic carbocycles. The summed E-state index contributed by atoms with van der Waals surface area (Å²) in [5.41, 5.74) is -0.265. The van der Waals surface area contributed by atoms with Gasteiger partial charge in [-0.3, -0.25) is 4.79 Å². The molecule has 2 aliphatic rings. The van der Waals surface area contributed by atoms with Gasteiger partial charge in [-0.2, -0.15) is 0 Å². The Morgan fingerprint density at radius 3 is 2.14 bits per heavy atom. The molecule has 234 valence electrons. The first-order valence-corrected chi connectivity index (χ1v) is 13.5. The molecule has 0 amide bonds. The molecule has 1 aromatic heterocycles. The molecular weight excluding hydrogens is 572 g/mol. The lowest BCUT2D eigenvalue weighted by molar-refractivity contribution is -0.308. The highest BCUT2D eigenvalue weighted by Crippen LogP contribution is 2.45. The number of rotatable bonds is 7. The van der Waals surface area contributed by atoms with Crippen LogP contribution in [0.25, 0.3) is 22.3 Å². The van der Waals surface area contributed by atoms with Crippen LogP contribution in [0.5, 0.6) is 17.2 Å². The second-order valence-electron chi connectivity index (χ2n) is 10.5. The Morgan fingerprint density at radius 2 is 1.49 bits per heavy atom. The topological polar surface area (TPSA) is 218 Å². The van der Waals surface area contributed by atoms with Gasteiger partial charge in [-0.25, -0.2) is 0 Å². The van der Waals surface area contributed by atoms with Crippen molar-refractivity contribution in [2.24, 2.45) is 0 Å². The predicted octanol–water partition coefficient (Wildman–Crippen LogP) is -0.451. The van der Waals surface area contributed by atoms with E-state index < -0.39 is 79.0 Å². The first-order chi connectivity index (χ1) is 20.5. The van der Waals surface area contributed by atoms with Crippen molar-refractivity contribution < 1.29 is 63.8 Å².